The number of carbonyl (C=O) groups is 4. The lowest BCUT2D eigenvalue weighted by Gasteiger charge is -2.29. The minimum absolute atomic E-state index is 0.0161. The van der Waals surface area contributed by atoms with Gasteiger partial charge in [0.15, 0.2) is 6.10 Å². The summed E-state index contributed by atoms with van der Waals surface area (Å²) in [5.74, 6) is -5.84. The third-order valence-corrected chi connectivity index (χ3v) is 8.54. The number of alkyl halides is 2. The second-order valence-electron chi connectivity index (χ2n) is 11.2. The number of nitrogens with one attached hydrogen (secondary N) is 3. The molecule has 1 aliphatic heterocycles. The van der Waals surface area contributed by atoms with Crippen molar-refractivity contribution in [3.05, 3.63) is 70.7 Å². The van der Waals surface area contributed by atoms with E-state index in [0.29, 0.717) is 13.0 Å². The van der Waals surface area contributed by atoms with Gasteiger partial charge in [-0.05, 0) is 55.2 Å². The highest BCUT2D eigenvalue weighted by Gasteiger charge is 2.48. The van der Waals surface area contributed by atoms with Gasteiger partial charge in [0.1, 0.15) is 12.1 Å². The van der Waals surface area contributed by atoms with Crippen LogP contribution in [0.2, 0.25) is 5.02 Å². The van der Waals surface area contributed by atoms with Crippen molar-refractivity contribution >= 4 is 35.5 Å². The summed E-state index contributed by atoms with van der Waals surface area (Å²) in [6.07, 6.45) is -0.163. The van der Waals surface area contributed by atoms with Gasteiger partial charge in [-0.3, -0.25) is 9.59 Å². The van der Waals surface area contributed by atoms with Gasteiger partial charge in [-0.25, -0.2) is 9.59 Å². The lowest BCUT2D eigenvalue weighted by Crippen LogP contribution is -2.53. The van der Waals surface area contributed by atoms with Gasteiger partial charge in [0, 0.05) is 23.0 Å². The molecular formula is C31H36ClF2N3O6. The Labute approximate surface area is 254 Å². The normalized spacial score (nSPS) is 19.4. The molecule has 2 fully saturated rings. The molecule has 1 aliphatic carbocycles. The maximum atomic E-state index is 15.9. The number of amides is 3. The molecule has 2 aromatic rings. The molecule has 1 unspecified atom stereocenters. The van der Waals surface area contributed by atoms with Crippen molar-refractivity contribution in [3.8, 4) is 0 Å². The van der Waals surface area contributed by atoms with Gasteiger partial charge in [-0.2, -0.15) is 8.78 Å². The van der Waals surface area contributed by atoms with E-state index >= 15 is 8.78 Å². The Balaban J connectivity index is 1.55. The molecule has 1 saturated carbocycles. The maximum Gasteiger partial charge on any atom is 0.408 e. The number of esters is 1. The zero-order valence-electron chi connectivity index (χ0n) is 24.0. The van der Waals surface area contributed by atoms with E-state index in [1.54, 1.807) is 18.2 Å². The summed E-state index contributed by atoms with van der Waals surface area (Å²) >= 11 is 5.97. The molecule has 0 aromatic heterocycles. The number of hydrogen-bond acceptors (Lipinski definition) is 6. The Kier molecular flexibility index (Phi) is 10.3. The summed E-state index contributed by atoms with van der Waals surface area (Å²) < 4.78 is 42.0. The van der Waals surface area contributed by atoms with E-state index in [1.165, 1.54) is 37.4 Å². The number of halogens is 3. The molecule has 0 bridgehead atoms. The Morgan fingerprint density at radius 2 is 1.81 bits per heavy atom. The molecule has 0 spiro atoms. The minimum Gasteiger partial charge on any atom is -0.467 e. The molecule has 4 atom stereocenters. The molecule has 3 N–H and O–H groups in total. The van der Waals surface area contributed by atoms with E-state index < -0.39 is 53.6 Å². The van der Waals surface area contributed by atoms with Crippen LogP contribution in [-0.4, -0.2) is 49.6 Å². The van der Waals surface area contributed by atoms with Crippen molar-refractivity contribution in [1.82, 2.24) is 16.0 Å². The van der Waals surface area contributed by atoms with Crippen LogP contribution in [0.3, 0.4) is 0 Å². The quantitative estimate of drug-likeness (QED) is 0.270. The first-order valence-electron chi connectivity index (χ1n) is 14.3. The molecule has 9 nitrogen and oxygen atoms in total. The van der Waals surface area contributed by atoms with Crippen LogP contribution < -0.4 is 16.0 Å². The molecule has 43 heavy (non-hydrogen) atoms. The third-order valence-electron chi connectivity index (χ3n) is 8.30. The standard InChI is InChI=1S/C31H36ClF2N3O6/c1-3-30(13-14-30)18-24(27(39)36-23(28(40)42-2)16-20-12-15-35-26(20)38)37-29(41)43-25(19-8-5-4-6-9-19)31(33,34)21-10-7-11-22(32)17-21/h4-11,17,20,23-25H,3,12-16,18H2,1-2H3,(H,35,38)(H,36,39)(H,37,41)/t20-,23-,24-,25?/m0/s1. The van der Waals surface area contributed by atoms with Crippen molar-refractivity contribution in [2.45, 2.75) is 69.6 Å². The van der Waals surface area contributed by atoms with Crippen LogP contribution in [0.15, 0.2) is 54.6 Å². The van der Waals surface area contributed by atoms with E-state index in [-0.39, 0.29) is 34.7 Å². The van der Waals surface area contributed by atoms with Crippen molar-refractivity contribution in [2.75, 3.05) is 13.7 Å². The molecular weight excluding hydrogens is 584 g/mol. The molecule has 2 aliphatic rings. The van der Waals surface area contributed by atoms with Gasteiger partial charge < -0.3 is 25.4 Å². The number of ether oxygens (including phenoxy) is 2. The van der Waals surface area contributed by atoms with Crippen molar-refractivity contribution in [1.29, 1.82) is 0 Å². The summed E-state index contributed by atoms with van der Waals surface area (Å²) in [4.78, 5) is 51.5. The fourth-order valence-corrected chi connectivity index (χ4v) is 5.60. The minimum atomic E-state index is -3.68. The number of benzene rings is 2. The fraction of sp³-hybridized carbons (Fsp3) is 0.484. The first-order chi connectivity index (χ1) is 20.5. The molecule has 12 heteroatoms. The Morgan fingerprint density at radius 3 is 2.40 bits per heavy atom. The number of carbonyl (C=O) groups excluding carboxylic acids is 4. The average molecular weight is 620 g/mol. The Hall–Kier alpha value is -3.73. The predicted molar refractivity (Wildman–Crippen MR) is 154 cm³/mol. The molecule has 4 rings (SSSR count). The highest BCUT2D eigenvalue weighted by atomic mass is 35.5. The Morgan fingerprint density at radius 1 is 1.09 bits per heavy atom. The summed E-state index contributed by atoms with van der Waals surface area (Å²) in [5.41, 5.74) is -0.627. The largest absolute Gasteiger partial charge is 0.467 e. The maximum absolute atomic E-state index is 15.9. The Bertz CT molecular complexity index is 1320. The van der Waals surface area contributed by atoms with Crippen LogP contribution in [0.25, 0.3) is 0 Å². The predicted octanol–water partition coefficient (Wildman–Crippen LogP) is 5.03. The van der Waals surface area contributed by atoms with Gasteiger partial charge in [0.25, 0.3) is 0 Å². The van der Waals surface area contributed by atoms with Crippen LogP contribution in [-0.2, 0) is 29.8 Å². The molecule has 1 saturated heterocycles. The van der Waals surface area contributed by atoms with Crippen molar-refractivity contribution < 1.29 is 37.4 Å². The van der Waals surface area contributed by atoms with Crippen molar-refractivity contribution in [3.63, 3.8) is 0 Å². The van der Waals surface area contributed by atoms with Gasteiger partial charge >= 0.3 is 18.0 Å². The summed E-state index contributed by atoms with van der Waals surface area (Å²) in [7, 11) is 1.17. The second kappa shape index (κ2) is 13.7. The number of alkyl carbamates (subject to hydrolysis) is 1. The first kappa shape index (κ1) is 32.2. The van der Waals surface area contributed by atoms with Crippen LogP contribution in [0.1, 0.15) is 62.7 Å². The van der Waals surface area contributed by atoms with E-state index in [1.807, 2.05) is 6.92 Å². The number of methoxy groups -OCH3 is 1. The van der Waals surface area contributed by atoms with Gasteiger partial charge in [0.05, 0.1) is 7.11 Å². The zero-order chi connectivity index (χ0) is 31.2. The van der Waals surface area contributed by atoms with E-state index in [9.17, 15) is 19.2 Å². The smallest absolute Gasteiger partial charge is 0.408 e. The van der Waals surface area contributed by atoms with Crippen LogP contribution in [0.4, 0.5) is 13.6 Å². The number of rotatable bonds is 13. The average Bonchev–Trinajstić information content (AvgIpc) is 3.66. The monoisotopic (exact) mass is 619 g/mol. The van der Waals surface area contributed by atoms with E-state index in [2.05, 4.69) is 16.0 Å². The zero-order valence-corrected chi connectivity index (χ0v) is 24.8. The fourth-order valence-electron chi connectivity index (χ4n) is 5.41. The molecule has 0 radical (unpaired) electrons. The molecule has 3 amide bonds. The van der Waals surface area contributed by atoms with Gasteiger partial charge in [-0.1, -0.05) is 67.4 Å². The SMILES string of the molecule is CCC1(C[C@H](NC(=O)OC(c2ccccc2)C(F)(F)c2cccc(Cl)c2)C(=O)N[C@@H](C[C@@H]2CCNC2=O)C(=O)OC)CC1. The van der Waals surface area contributed by atoms with Gasteiger partial charge in [0.2, 0.25) is 11.8 Å². The molecule has 2 aromatic carbocycles. The summed E-state index contributed by atoms with van der Waals surface area (Å²) in [6.45, 7) is 2.43. The highest BCUT2D eigenvalue weighted by Crippen LogP contribution is 2.52. The second-order valence-corrected chi connectivity index (χ2v) is 11.6. The van der Waals surface area contributed by atoms with E-state index in [4.69, 9.17) is 21.1 Å². The van der Waals surface area contributed by atoms with Crippen LogP contribution >= 0.6 is 11.6 Å². The summed E-state index contributed by atoms with van der Waals surface area (Å²) in [6, 6.07) is 10.3. The van der Waals surface area contributed by atoms with Crippen molar-refractivity contribution in [2.24, 2.45) is 11.3 Å². The van der Waals surface area contributed by atoms with Crippen LogP contribution in [0, 0.1) is 11.3 Å². The lowest BCUT2D eigenvalue weighted by molar-refractivity contribution is -0.146. The molecule has 232 valence electrons. The topological polar surface area (TPSA) is 123 Å². The lowest BCUT2D eigenvalue weighted by atomic mass is 9.93. The number of hydrogen-bond donors (Lipinski definition) is 3. The van der Waals surface area contributed by atoms with E-state index in [0.717, 1.165) is 25.3 Å². The first-order valence-corrected chi connectivity index (χ1v) is 14.7. The summed E-state index contributed by atoms with van der Waals surface area (Å²) in [5, 5.41) is 7.89. The van der Waals surface area contributed by atoms with Crippen LogP contribution in [0.5, 0.6) is 0 Å². The highest BCUT2D eigenvalue weighted by molar-refractivity contribution is 6.30. The van der Waals surface area contributed by atoms with Gasteiger partial charge in [-0.15, -0.1) is 0 Å². The third kappa shape index (κ3) is 8.01. The molecule has 1 heterocycles.